The Balaban J connectivity index is 0. The maximum atomic E-state index is 3.86. The molecular weight excluding hydrogens is 136 g/mol. The number of allylic oxidation sites excluding steroid dienone is 1. The Morgan fingerprint density at radius 1 is 1.09 bits per heavy atom. The Hall–Kier alpha value is -0.920. The molecule has 1 aliphatic rings. The lowest BCUT2D eigenvalue weighted by Crippen LogP contribution is -1.66. The molecule has 0 aromatic rings. The van der Waals surface area contributed by atoms with Gasteiger partial charge in [0.05, 0.1) is 6.54 Å². The number of nitrogens with zero attached hydrogens (tertiary/aromatic N) is 2. The quantitative estimate of drug-likeness (QED) is 0.512. The molecule has 0 saturated heterocycles. The van der Waals surface area contributed by atoms with Crippen LogP contribution in [0.2, 0.25) is 0 Å². The summed E-state index contributed by atoms with van der Waals surface area (Å²) in [6.07, 6.45) is 7.11. The zero-order valence-electron chi connectivity index (χ0n) is 7.91. The van der Waals surface area contributed by atoms with Gasteiger partial charge in [-0.2, -0.15) is 0 Å². The molecule has 0 atom stereocenters. The van der Waals surface area contributed by atoms with Crippen LogP contribution in [0.3, 0.4) is 0 Å². The van der Waals surface area contributed by atoms with Gasteiger partial charge in [-0.15, -0.1) is 0 Å². The molecule has 0 bridgehead atoms. The minimum Gasteiger partial charge on any atom is -0.269 e. The van der Waals surface area contributed by atoms with Gasteiger partial charge in [-0.1, -0.05) is 33.8 Å². The van der Waals surface area contributed by atoms with E-state index in [-0.39, 0.29) is 0 Å². The van der Waals surface area contributed by atoms with Crippen LogP contribution in [0.4, 0.5) is 0 Å². The molecule has 2 nitrogen and oxygen atoms in total. The van der Waals surface area contributed by atoms with Crippen molar-refractivity contribution in [3.63, 3.8) is 0 Å². The van der Waals surface area contributed by atoms with Gasteiger partial charge in [0.25, 0.3) is 0 Å². The molecule has 11 heavy (non-hydrogen) atoms. The molecule has 0 aliphatic carbocycles. The van der Waals surface area contributed by atoms with Crippen molar-refractivity contribution in [2.45, 2.75) is 27.7 Å². The van der Waals surface area contributed by atoms with Crippen molar-refractivity contribution in [1.29, 1.82) is 0 Å². The zero-order chi connectivity index (χ0) is 8.95. The molecule has 0 spiro atoms. The second-order valence-electron chi connectivity index (χ2n) is 1.21. The maximum Gasteiger partial charge on any atom is 0.110 e. The van der Waals surface area contributed by atoms with E-state index in [2.05, 4.69) is 9.98 Å². The second kappa shape index (κ2) is 16.0. The fourth-order valence-corrected chi connectivity index (χ4v) is 0.365. The molecule has 1 heterocycles. The number of rotatable bonds is 0. The lowest BCUT2D eigenvalue weighted by molar-refractivity contribution is 1.26. The molecule has 2 heteroatoms. The number of aliphatic imine (C=N–C) groups is 2. The summed E-state index contributed by atoms with van der Waals surface area (Å²) in [6, 6.07) is 0. The van der Waals surface area contributed by atoms with Gasteiger partial charge in [-0.3, -0.25) is 4.99 Å². The van der Waals surface area contributed by atoms with E-state index >= 15 is 0 Å². The van der Waals surface area contributed by atoms with Crippen LogP contribution in [0.1, 0.15) is 27.7 Å². The van der Waals surface area contributed by atoms with Gasteiger partial charge in [0.15, 0.2) is 0 Å². The molecule has 0 radical (unpaired) electrons. The summed E-state index contributed by atoms with van der Waals surface area (Å²) < 4.78 is 0. The first kappa shape index (κ1) is 12.7. The van der Waals surface area contributed by atoms with Gasteiger partial charge in [0.2, 0.25) is 0 Å². The van der Waals surface area contributed by atoms with Gasteiger partial charge >= 0.3 is 0 Å². The van der Waals surface area contributed by atoms with E-state index in [1.807, 2.05) is 39.8 Å². The van der Waals surface area contributed by atoms with E-state index in [1.54, 1.807) is 12.6 Å². The van der Waals surface area contributed by atoms with Crippen molar-refractivity contribution >= 4 is 12.6 Å². The van der Waals surface area contributed by atoms with Crippen LogP contribution in [0, 0.1) is 0 Å². The first-order chi connectivity index (χ1) is 5.50. The van der Waals surface area contributed by atoms with Gasteiger partial charge in [-0.05, 0) is 6.08 Å². The van der Waals surface area contributed by atoms with E-state index in [9.17, 15) is 0 Å². The number of hydrogen-bond acceptors (Lipinski definition) is 2. The molecule has 0 unspecified atom stereocenters. The van der Waals surface area contributed by atoms with Gasteiger partial charge < -0.3 is 0 Å². The Morgan fingerprint density at radius 2 is 1.73 bits per heavy atom. The summed E-state index contributed by atoms with van der Waals surface area (Å²) in [6.45, 7) is 8.76. The summed E-state index contributed by atoms with van der Waals surface area (Å²) in [5, 5.41) is 0. The van der Waals surface area contributed by atoms with Crippen molar-refractivity contribution in [2.24, 2.45) is 9.98 Å². The van der Waals surface area contributed by atoms with Gasteiger partial charge in [-0.25, -0.2) is 4.99 Å². The first-order valence-corrected chi connectivity index (χ1v) is 4.17. The Morgan fingerprint density at radius 3 is 2.36 bits per heavy atom. The molecule has 0 saturated carbocycles. The third kappa shape index (κ3) is 12.3. The fraction of sp³-hybridized carbons (Fsp3) is 0.556. The van der Waals surface area contributed by atoms with Crippen molar-refractivity contribution in [3.8, 4) is 0 Å². The smallest absolute Gasteiger partial charge is 0.110 e. The van der Waals surface area contributed by atoms with Crippen LogP contribution in [0.5, 0.6) is 0 Å². The highest BCUT2D eigenvalue weighted by Gasteiger charge is 1.71. The molecule has 64 valence electrons. The highest BCUT2D eigenvalue weighted by Crippen LogP contribution is 1.76. The predicted molar refractivity (Wildman–Crippen MR) is 53.7 cm³/mol. The lowest BCUT2D eigenvalue weighted by Gasteiger charge is -1.70. The summed E-state index contributed by atoms with van der Waals surface area (Å²) in [5.74, 6) is 0. The average Bonchev–Trinajstić information content (AvgIpc) is 2.42. The minimum atomic E-state index is 0.764. The van der Waals surface area contributed by atoms with Gasteiger partial charge in [0.1, 0.15) is 6.34 Å². The molecule has 1 rings (SSSR count). The average molecular weight is 154 g/mol. The highest BCUT2D eigenvalue weighted by atomic mass is 14.8. The van der Waals surface area contributed by atoms with E-state index in [4.69, 9.17) is 0 Å². The second-order valence-corrected chi connectivity index (χ2v) is 1.21. The van der Waals surface area contributed by atoms with E-state index in [0.717, 1.165) is 6.54 Å². The van der Waals surface area contributed by atoms with Crippen LogP contribution in [-0.4, -0.2) is 19.1 Å². The molecule has 0 amide bonds. The van der Waals surface area contributed by atoms with Crippen molar-refractivity contribution in [1.82, 2.24) is 0 Å². The van der Waals surface area contributed by atoms with E-state index in [1.165, 1.54) is 0 Å². The molecule has 0 aromatic heterocycles. The molecule has 1 aliphatic heterocycles. The monoisotopic (exact) mass is 154 g/mol. The maximum absolute atomic E-state index is 3.86. The van der Waals surface area contributed by atoms with Crippen LogP contribution in [-0.2, 0) is 0 Å². The standard InChI is InChI=1S/C5H6N2.2C2H6/c1-2-4-7-5-6-3-1;2*1-2/h1-3,5H,4H2;2*1-2H3. The van der Waals surface area contributed by atoms with Gasteiger partial charge in [0, 0.05) is 6.21 Å². The van der Waals surface area contributed by atoms with Crippen LogP contribution in [0.25, 0.3) is 0 Å². The lowest BCUT2D eigenvalue weighted by atomic mass is 10.5. The third-order valence-electron chi connectivity index (χ3n) is 0.667. The first-order valence-electron chi connectivity index (χ1n) is 4.17. The molecule has 0 N–H and O–H groups in total. The van der Waals surface area contributed by atoms with Crippen molar-refractivity contribution < 1.29 is 0 Å². The largest absolute Gasteiger partial charge is 0.269 e. The predicted octanol–water partition coefficient (Wildman–Crippen LogP) is 2.71. The van der Waals surface area contributed by atoms with E-state index < -0.39 is 0 Å². The zero-order valence-corrected chi connectivity index (χ0v) is 7.91. The van der Waals surface area contributed by atoms with E-state index in [0.29, 0.717) is 0 Å². The molecular formula is C9H18N2. The highest BCUT2D eigenvalue weighted by molar-refractivity contribution is 5.80. The van der Waals surface area contributed by atoms with Crippen molar-refractivity contribution in [2.75, 3.05) is 6.54 Å². The Bertz CT molecular complexity index is 110. The summed E-state index contributed by atoms with van der Waals surface area (Å²) in [4.78, 5) is 7.63. The normalized spacial score (nSPS) is 12.0. The van der Waals surface area contributed by atoms with Crippen LogP contribution in [0.15, 0.2) is 22.1 Å². The molecule has 0 aromatic carbocycles. The van der Waals surface area contributed by atoms with Crippen LogP contribution >= 0.6 is 0 Å². The SMILES string of the molecule is C1=CCN=CN=C1.CC.CC. The third-order valence-corrected chi connectivity index (χ3v) is 0.667. The Labute approximate surface area is 69.8 Å². The van der Waals surface area contributed by atoms with Crippen LogP contribution < -0.4 is 0 Å². The van der Waals surface area contributed by atoms with Crippen molar-refractivity contribution in [3.05, 3.63) is 12.2 Å². The summed E-state index contributed by atoms with van der Waals surface area (Å²) in [7, 11) is 0. The number of hydrogen-bond donors (Lipinski definition) is 0. The molecule has 0 fully saturated rings. The minimum absolute atomic E-state index is 0.764. The fourth-order valence-electron chi connectivity index (χ4n) is 0.365. The summed E-state index contributed by atoms with van der Waals surface area (Å²) in [5.41, 5.74) is 0. The topological polar surface area (TPSA) is 24.7 Å². The Kier molecular flexibility index (Phi) is 18.6. The summed E-state index contributed by atoms with van der Waals surface area (Å²) >= 11 is 0.